The molecule has 0 fully saturated rings. The highest BCUT2D eigenvalue weighted by Crippen LogP contribution is 2.11. The van der Waals surface area contributed by atoms with E-state index in [1.807, 2.05) is 0 Å². The fourth-order valence-corrected chi connectivity index (χ4v) is 1.72. The molecule has 0 saturated carbocycles. The third-order valence-electron chi connectivity index (χ3n) is 2.72. The van der Waals surface area contributed by atoms with Crippen molar-refractivity contribution >= 4 is 11.9 Å². The summed E-state index contributed by atoms with van der Waals surface area (Å²) in [6.45, 7) is 8.09. The van der Waals surface area contributed by atoms with E-state index in [0.29, 0.717) is 5.56 Å². The van der Waals surface area contributed by atoms with E-state index in [0.717, 1.165) is 5.92 Å². The van der Waals surface area contributed by atoms with Gasteiger partial charge in [0.2, 0.25) is 0 Å². The van der Waals surface area contributed by atoms with Crippen LogP contribution in [0.3, 0.4) is 0 Å². The summed E-state index contributed by atoms with van der Waals surface area (Å²) < 4.78 is 0. The molecule has 1 atom stereocenters. The Morgan fingerprint density at radius 1 is 1.24 bits per heavy atom. The van der Waals surface area contributed by atoms with Crippen LogP contribution in [-0.2, 0) is 16.2 Å². The number of nitrogens with one attached hydrogen (secondary N) is 1. The van der Waals surface area contributed by atoms with Gasteiger partial charge in [-0.2, -0.15) is 0 Å². The predicted octanol–water partition coefficient (Wildman–Crippen LogP) is 2.90. The number of carbonyl (C=O) groups is 2. The first-order chi connectivity index (χ1) is 11.6. The van der Waals surface area contributed by atoms with E-state index >= 15 is 0 Å². The summed E-state index contributed by atoms with van der Waals surface area (Å²) in [5.41, 5.74) is 0.652. The Morgan fingerprint density at radius 2 is 1.80 bits per heavy atom. The number of benzene rings is 1. The molecule has 1 unspecified atom stereocenters. The van der Waals surface area contributed by atoms with Crippen molar-refractivity contribution in [3.63, 3.8) is 0 Å². The van der Waals surface area contributed by atoms with E-state index in [9.17, 15) is 19.7 Å². The molecule has 1 amide bonds. The van der Waals surface area contributed by atoms with Gasteiger partial charge in [0, 0.05) is 18.5 Å². The Hall–Kier alpha value is -2.64. The Bertz CT molecular complexity index is 571. The summed E-state index contributed by atoms with van der Waals surface area (Å²) in [4.78, 5) is 37.0. The van der Waals surface area contributed by atoms with E-state index in [1.165, 1.54) is 6.07 Å². The van der Waals surface area contributed by atoms with E-state index in [1.54, 1.807) is 25.1 Å². The third kappa shape index (κ3) is 11.5. The molecule has 0 aliphatic rings. The van der Waals surface area contributed by atoms with Gasteiger partial charge in [-0.1, -0.05) is 45.9 Å². The molecule has 1 aromatic rings. The SMILES string of the molecule is CC(C)C.CC(CNC(=O)c1ccccc1CO[N+](=O)[O-])CC(=O)O. The Balaban J connectivity index is 0.00000129. The number of nitrogens with zero attached hydrogens (tertiary/aromatic N) is 1. The van der Waals surface area contributed by atoms with Gasteiger partial charge in [0.1, 0.15) is 6.61 Å². The molecule has 0 saturated heterocycles. The fourth-order valence-electron chi connectivity index (χ4n) is 1.72. The minimum atomic E-state index is -0.934. The molecule has 2 N–H and O–H groups in total. The fraction of sp³-hybridized carbons (Fsp3) is 0.529. The van der Waals surface area contributed by atoms with Crippen LogP contribution < -0.4 is 5.32 Å². The molecule has 0 spiro atoms. The van der Waals surface area contributed by atoms with E-state index in [-0.39, 0.29) is 31.1 Å². The maximum atomic E-state index is 12.0. The van der Waals surface area contributed by atoms with Crippen LogP contribution in [0.2, 0.25) is 0 Å². The number of amides is 1. The molecule has 0 heterocycles. The molecule has 25 heavy (non-hydrogen) atoms. The quantitative estimate of drug-likeness (QED) is 0.547. The van der Waals surface area contributed by atoms with Gasteiger partial charge < -0.3 is 15.3 Å². The topological polar surface area (TPSA) is 119 Å². The molecular weight excluding hydrogens is 328 g/mol. The number of hydrogen-bond acceptors (Lipinski definition) is 5. The van der Waals surface area contributed by atoms with Gasteiger partial charge in [-0.3, -0.25) is 9.59 Å². The van der Waals surface area contributed by atoms with Crippen molar-refractivity contribution in [2.45, 2.75) is 40.7 Å². The van der Waals surface area contributed by atoms with Gasteiger partial charge in [-0.15, -0.1) is 10.1 Å². The molecule has 0 aliphatic carbocycles. The lowest BCUT2D eigenvalue weighted by Crippen LogP contribution is -2.30. The second-order valence-electron chi connectivity index (χ2n) is 6.30. The van der Waals surface area contributed by atoms with Crippen molar-refractivity contribution < 1.29 is 24.6 Å². The van der Waals surface area contributed by atoms with Crippen LogP contribution in [-0.4, -0.2) is 28.6 Å². The predicted molar refractivity (Wildman–Crippen MR) is 92.5 cm³/mol. The average molecular weight is 354 g/mol. The van der Waals surface area contributed by atoms with Gasteiger partial charge in [-0.05, 0) is 23.5 Å². The number of aliphatic carboxylic acids is 1. The monoisotopic (exact) mass is 354 g/mol. The second kappa shape index (κ2) is 11.8. The number of carboxylic acids is 1. The highest BCUT2D eigenvalue weighted by molar-refractivity contribution is 5.95. The van der Waals surface area contributed by atoms with Gasteiger partial charge in [-0.25, -0.2) is 0 Å². The van der Waals surface area contributed by atoms with Crippen LogP contribution in [0, 0.1) is 22.0 Å². The molecule has 0 radical (unpaired) electrons. The third-order valence-corrected chi connectivity index (χ3v) is 2.72. The van der Waals surface area contributed by atoms with Gasteiger partial charge in [0.25, 0.3) is 11.0 Å². The van der Waals surface area contributed by atoms with Crippen molar-refractivity contribution in [1.82, 2.24) is 5.32 Å². The van der Waals surface area contributed by atoms with Crippen LogP contribution in [0.15, 0.2) is 24.3 Å². The first-order valence-corrected chi connectivity index (χ1v) is 7.98. The Labute approximate surface area is 147 Å². The van der Waals surface area contributed by atoms with Gasteiger partial charge in [0.05, 0.1) is 0 Å². The van der Waals surface area contributed by atoms with Crippen molar-refractivity contribution in [3.8, 4) is 0 Å². The first-order valence-electron chi connectivity index (χ1n) is 7.98. The standard InChI is InChI=1S/C13H16N2O6.C4H10/c1-9(6-12(16)17)7-14-13(18)11-5-3-2-4-10(11)8-21-15(19)20;1-4(2)3/h2-5,9H,6-8H2,1H3,(H,14,18)(H,16,17);4H,1-3H3. The van der Waals surface area contributed by atoms with Gasteiger partial charge >= 0.3 is 5.97 Å². The molecule has 8 heteroatoms. The molecule has 8 nitrogen and oxygen atoms in total. The second-order valence-corrected chi connectivity index (χ2v) is 6.30. The van der Waals surface area contributed by atoms with Crippen LogP contribution in [0.4, 0.5) is 0 Å². The summed E-state index contributed by atoms with van der Waals surface area (Å²) in [6, 6.07) is 6.35. The molecule has 0 bridgehead atoms. The lowest BCUT2D eigenvalue weighted by molar-refractivity contribution is -0.763. The normalized spacial score (nSPS) is 11.1. The van der Waals surface area contributed by atoms with Crippen molar-refractivity contribution in [3.05, 3.63) is 45.5 Å². The first kappa shape index (κ1) is 22.4. The number of carbonyl (C=O) groups excluding carboxylic acids is 1. The highest BCUT2D eigenvalue weighted by atomic mass is 16.9. The molecule has 140 valence electrons. The van der Waals surface area contributed by atoms with E-state index in [2.05, 4.69) is 30.9 Å². The highest BCUT2D eigenvalue weighted by Gasteiger charge is 2.14. The number of hydrogen-bond donors (Lipinski definition) is 2. The zero-order valence-corrected chi connectivity index (χ0v) is 15.0. The summed E-state index contributed by atoms with van der Waals surface area (Å²) in [7, 11) is 0. The maximum Gasteiger partial charge on any atom is 0.303 e. The maximum absolute atomic E-state index is 12.0. The van der Waals surface area contributed by atoms with Crippen molar-refractivity contribution in [2.24, 2.45) is 11.8 Å². The summed E-state index contributed by atoms with van der Waals surface area (Å²) in [5, 5.41) is 20.5. The zero-order chi connectivity index (χ0) is 19.4. The largest absolute Gasteiger partial charge is 0.481 e. The van der Waals surface area contributed by atoms with Crippen molar-refractivity contribution in [1.29, 1.82) is 0 Å². The van der Waals surface area contributed by atoms with Gasteiger partial charge in [0.15, 0.2) is 0 Å². The average Bonchev–Trinajstić information content (AvgIpc) is 2.49. The minimum Gasteiger partial charge on any atom is -0.481 e. The van der Waals surface area contributed by atoms with Crippen LogP contribution in [0.5, 0.6) is 0 Å². The lowest BCUT2D eigenvalue weighted by Gasteiger charge is -2.12. The number of carboxylic acid groups (broad SMARTS) is 1. The Kier molecular flexibility index (Phi) is 10.6. The van der Waals surface area contributed by atoms with E-state index < -0.39 is 17.0 Å². The van der Waals surface area contributed by atoms with E-state index in [4.69, 9.17) is 5.11 Å². The van der Waals surface area contributed by atoms with Crippen LogP contribution in [0.25, 0.3) is 0 Å². The summed E-state index contributed by atoms with van der Waals surface area (Å²) in [6.07, 6.45) is -0.0492. The Morgan fingerprint density at radius 3 is 2.32 bits per heavy atom. The zero-order valence-electron chi connectivity index (χ0n) is 15.0. The lowest BCUT2D eigenvalue weighted by atomic mass is 10.1. The molecule has 0 aliphatic heterocycles. The smallest absolute Gasteiger partial charge is 0.303 e. The minimum absolute atomic E-state index is 0.0492. The molecule has 1 rings (SSSR count). The summed E-state index contributed by atoms with van der Waals surface area (Å²) >= 11 is 0. The van der Waals surface area contributed by atoms with Crippen LogP contribution >= 0.6 is 0 Å². The number of rotatable bonds is 8. The summed E-state index contributed by atoms with van der Waals surface area (Å²) in [5.74, 6) is -0.736. The molecule has 1 aromatic carbocycles. The van der Waals surface area contributed by atoms with Crippen molar-refractivity contribution in [2.75, 3.05) is 6.54 Å². The van der Waals surface area contributed by atoms with Crippen LogP contribution in [0.1, 0.15) is 50.0 Å². The molecule has 0 aromatic heterocycles. The molecular formula is C17H26N2O6.